The summed E-state index contributed by atoms with van der Waals surface area (Å²) in [5.74, 6) is -1.64. The van der Waals surface area contributed by atoms with Crippen molar-refractivity contribution in [2.45, 2.75) is 26.7 Å². The fourth-order valence-electron chi connectivity index (χ4n) is 2.75. The van der Waals surface area contributed by atoms with Crippen molar-refractivity contribution in [2.24, 2.45) is 0 Å². The minimum atomic E-state index is -1.16. The van der Waals surface area contributed by atoms with E-state index in [1.807, 2.05) is 18.2 Å². The second-order valence-corrected chi connectivity index (χ2v) is 6.35. The smallest absolute Gasteiger partial charge is 0.339 e. The Morgan fingerprint density at radius 1 is 1.14 bits per heavy atom. The van der Waals surface area contributed by atoms with Crippen LogP contribution in [0.2, 0.25) is 0 Å². The van der Waals surface area contributed by atoms with E-state index in [2.05, 4.69) is 13.8 Å². The Bertz CT molecular complexity index is 820. The fourth-order valence-corrected chi connectivity index (χ4v) is 2.90. The maximum Gasteiger partial charge on any atom is 0.339 e. The number of phenols is 1. The Morgan fingerprint density at radius 3 is 2.14 bits per heavy atom. The number of aryl methyl sites for hydroxylation is 2. The van der Waals surface area contributed by atoms with E-state index in [-0.39, 0.29) is 29.8 Å². The zero-order chi connectivity index (χ0) is 22.0. The van der Waals surface area contributed by atoms with Gasteiger partial charge in [-0.25, -0.2) is 4.79 Å². The molecule has 158 valence electrons. The van der Waals surface area contributed by atoms with Gasteiger partial charge in [0.15, 0.2) is 0 Å². The molecule has 0 aliphatic heterocycles. The number of nitrogens with zero attached hydrogens (tertiary/aromatic N) is 1. The second kappa shape index (κ2) is 11.9. The molecule has 29 heavy (non-hydrogen) atoms. The molecule has 0 heterocycles. The van der Waals surface area contributed by atoms with Gasteiger partial charge in [-0.2, -0.15) is 0 Å². The topological polar surface area (TPSA) is 113 Å². The van der Waals surface area contributed by atoms with Crippen LogP contribution in [0.3, 0.4) is 0 Å². The number of hydrogen-bond acceptors (Lipinski definition) is 5. The summed E-state index contributed by atoms with van der Waals surface area (Å²) in [6.07, 6.45) is 1.75. The number of carboxylic acid groups (broad SMARTS) is 1. The van der Waals surface area contributed by atoms with Gasteiger partial charge in [0.1, 0.15) is 23.9 Å². The monoisotopic (exact) mass is 422 g/mol. The van der Waals surface area contributed by atoms with Crippen LogP contribution in [0.4, 0.5) is 11.4 Å². The molecule has 0 aliphatic rings. The average Bonchev–Trinajstić information content (AvgIpc) is 2.71. The molecule has 2 aromatic carbocycles. The van der Waals surface area contributed by atoms with Gasteiger partial charge in [-0.05, 0) is 36.1 Å². The number of hydrogen-bond donors (Lipinski definition) is 3. The summed E-state index contributed by atoms with van der Waals surface area (Å²) < 4.78 is 5.13. The van der Waals surface area contributed by atoms with E-state index in [9.17, 15) is 9.59 Å². The predicted octanol–water partition coefficient (Wildman–Crippen LogP) is 3.66. The molecule has 0 aromatic heterocycles. The van der Waals surface area contributed by atoms with E-state index in [1.165, 1.54) is 18.2 Å². The minimum absolute atomic E-state index is 0.0371. The van der Waals surface area contributed by atoms with E-state index >= 15 is 0 Å². The molecule has 7 nitrogen and oxygen atoms in total. The number of amides is 1. The quantitative estimate of drug-likeness (QED) is 0.356. The van der Waals surface area contributed by atoms with E-state index in [0.29, 0.717) is 5.69 Å². The predicted molar refractivity (Wildman–Crippen MR) is 115 cm³/mol. The van der Waals surface area contributed by atoms with Gasteiger partial charge >= 0.3 is 5.97 Å². The third kappa shape index (κ3) is 6.66. The van der Waals surface area contributed by atoms with Crippen LogP contribution in [-0.2, 0) is 22.4 Å². The average molecular weight is 423 g/mol. The van der Waals surface area contributed by atoms with E-state index in [4.69, 9.17) is 32.3 Å². The Labute approximate surface area is 175 Å². The number of methoxy groups -OCH3 is 1. The summed E-state index contributed by atoms with van der Waals surface area (Å²) in [6.45, 7) is 4.39. The molecule has 1 amide bonds. The number of rotatable bonds is 7. The van der Waals surface area contributed by atoms with Crippen LogP contribution in [0.25, 0.3) is 0 Å². The molecular formula is C21H27ClN2O5. The van der Waals surface area contributed by atoms with Gasteiger partial charge in [-0.3, -0.25) is 9.69 Å². The molecule has 2 rings (SSSR count). The van der Waals surface area contributed by atoms with Gasteiger partial charge in [-0.15, -0.1) is 11.6 Å². The molecule has 0 fully saturated rings. The fraction of sp³-hybridized carbons (Fsp3) is 0.333. The molecule has 0 unspecified atom stereocenters. The van der Waals surface area contributed by atoms with E-state index in [1.54, 1.807) is 12.0 Å². The van der Waals surface area contributed by atoms with Crippen LogP contribution < -0.4 is 10.6 Å². The number of halogens is 1. The van der Waals surface area contributed by atoms with Crippen molar-refractivity contribution in [1.82, 2.24) is 0 Å². The highest BCUT2D eigenvalue weighted by Gasteiger charge is 2.19. The lowest BCUT2D eigenvalue weighted by Crippen LogP contribution is -2.35. The van der Waals surface area contributed by atoms with Gasteiger partial charge in [0, 0.05) is 18.9 Å². The van der Waals surface area contributed by atoms with Crippen LogP contribution in [0.5, 0.6) is 5.75 Å². The number of nitrogen functional groups attached to an aromatic ring is 1. The first-order valence-corrected chi connectivity index (χ1v) is 9.61. The van der Waals surface area contributed by atoms with Crippen molar-refractivity contribution in [3.05, 3.63) is 53.1 Å². The van der Waals surface area contributed by atoms with Crippen LogP contribution in [0.15, 0.2) is 36.4 Å². The lowest BCUT2D eigenvalue weighted by Gasteiger charge is -2.26. The summed E-state index contributed by atoms with van der Waals surface area (Å²) >= 11 is 5.68. The summed E-state index contributed by atoms with van der Waals surface area (Å²) in [4.78, 5) is 23.9. The molecule has 0 bridgehead atoms. The summed E-state index contributed by atoms with van der Waals surface area (Å²) in [6, 6.07) is 9.98. The van der Waals surface area contributed by atoms with Crippen molar-refractivity contribution in [1.29, 1.82) is 0 Å². The minimum Gasteiger partial charge on any atom is -0.507 e. The van der Waals surface area contributed by atoms with Crippen molar-refractivity contribution in [2.75, 3.05) is 30.4 Å². The molecule has 8 heteroatoms. The van der Waals surface area contributed by atoms with Crippen LogP contribution in [0, 0.1) is 0 Å². The first-order chi connectivity index (χ1) is 13.8. The molecule has 0 radical (unpaired) electrons. The molecule has 2 aromatic rings. The van der Waals surface area contributed by atoms with Gasteiger partial charge < -0.3 is 20.7 Å². The molecule has 0 spiro atoms. The van der Waals surface area contributed by atoms with Gasteiger partial charge in [0.2, 0.25) is 5.91 Å². The first-order valence-electron chi connectivity index (χ1n) is 9.08. The summed E-state index contributed by atoms with van der Waals surface area (Å²) in [7, 11) is 1.58. The lowest BCUT2D eigenvalue weighted by molar-refractivity contribution is -0.117. The summed E-state index contributed by atoms with van der Waals surface area (Å²) in [5.41, 5.74) is 8.72. The molecular weight excluding hydrogens is 396 g/mol. The number of nitrogens with two attached hydrogens (primary N) is 1. The lowest BCUT2D eigenvalue weighted by atomic mass is 10.0. The van der Waals surface area contributed by atoms with Gasteiger partial charge in [-0.1, -0.05) is 32.0 Å². The number of benzene rings is 2. The van der Waals surface area contributed by atoms with Crippen molar-refractivity contribution in [3.8, 4) is 5.75 Å². The van der Waals surface area contributed by atoms with Crippen LogP contribution >= 0.6 is 11.6 Å². The Morgan fingerprint density at radius 2 is 1.72 bits per heavy atom. The number of carbonyl (C=O) groups excluding carboxylic acids is 1. The van der Waals surface area contributed by atoms with Crippen molar-refractivity contribution < 1.29 is 24.5 Å². The van der Waals surface area contributed by atoms with Crippen molar-refractivity contribution >= 4 is 34.9 Å². The number of ether oxygens (including phenoxy) is 1. The zero-order valence-electron chi connectivity index (χ0n) is 16.8. The standard InChI is InChI=1S/C14H20ClNO2.C7H7NO3/c1-4-11-7-6-8-12(5-2)14(11)16(10-18-3)13(17)9-15;8-4-1-2-5(7(10)11)6(9)3-4/h6-8H,4-5,9-10H2,1-3H3;1-3,9H,8H2,(H,10,11). The highest BCUT2D eigenvalue weighted by molar-refractivity contribution is 6.29. The first kappa shape index (κ1) is 24.3. The highest BCUT2D eigenvalue weighted by Crippen LogP contribution is 2.27. The number of aromatic hydroxyl groups is 1. The zero-order valence-corrected chi connectivity index (χ0v) is 17.6. The number of para-hydroxylation sites is 1. The molecule has 0 atom stereocenters. The van der Waals surface area contributed by atoms with Crippen LogP contribution in [-0.4, -0.2) is 41.8 Å². The largest absolute Gasteiger partial charge is 0.507 e. The second-order valence-electron chi connectivity index (χ2n) is 6.09. The number of aromatic carboxylic acids is 1. The van der Waals surface area contributed by atoms with Gasteiger partial charge in [0.05, 0.1) is 5.69 Å². The third-order valence-electron chi connectivity index (χ3n) is 4.16. The number of alkyl halides is 1. The molecule has 0 saturated heterocycles. The third-order valence-corrected chi connectivity index (χ3v) is 4.39. The maximum absolute atomic E-state index is 12.0. The number of carbonyl (C=O) groups is 2. The normalized spacial score (nSPS) is 10.1. The molecule has 0 saturated carbocycles. The maximum atomic E-state index is 12.0. The Hall–Kier alpha value is -2.77. The SMILES string of the molecule is CCc1cccc(CC)c1N(COC)C(=O)CCl.Nc1ccc(C(=O)O)c(O)c1. The van der Waals surface area contributed by atoms with Crippen molar-refractivity contribution in [3.63, 3.8) is 0 Å². The number of anilines is 2. The summed E-state index contributed by atoms with van der Waals surface area (Å²) in [5, 5.41) is 17.5. The number of carboxylic acids is 1. The molecule has 4 N–H and O–H groups in total. The molecule has 0 aliphatic carbocycles. The highest BCUT2D eigenvalue weighted by atomic mass is 35.5. The Kier molecular flexibility index (Phi) is 9.99. The van der Waals surface area contributed by atoms with E-state index in [0.717, 1.165) is 29.7 Å². The van der Waals surface area contributed by atoms with E-state index < -0.39 is 5.97 Å². The van der Waals surface area contributed by atoms with Gasteiger partial charge in [0.25, 0.3) is 0 Å². The van der Waals surface area contributed by atoms with Crippen LogP contribution in [0.1, 0.15) is 35.3 Å². The Balaban J connectivity index is 0.000000326.